The van der Waals surface area contributed by atoms with Crippen LogP contribution in [0.4, 0.5) is 0 Å². The molecule has 0 atom stereocenters. The second-order valence-electron chi connectivity index (χ2n) is 7.54. The van der Waals surface area contributed by atoms with Crippen LogP contribution in [-0.2, 0) is 19.7 Å². The summed E-state index contributed by atoms with van der Waals surface area (Å²) in [5.41, 5.74) is 0.465. The van der Waals surface area contributed by atoms with Gasteiger partial charge in [0.05, 0.1) is 11.2 Å². The molecule has 1 aliphatic rings. The van der Waals surface area contributed by atoms with E-state index in [1.54, 1.807) is 0 Å². The van der Waals surface area contributed by atoms with Gasteiger partial charge in [0.2, 0.25) is 5.91 Å². The van der Waals surface area contributed by atoms with E-state index in [2.05, 4.69) is 38.2 Å². The zero-order chi connectivity index (χ0) is 18.5. The van der Waals surface area contributed by atoms with Crippen molar-refractivity contribution < 1.29 is 19.4 Å². The van der Waals surface area contributed by atoms with Crippen LogP contribution in [0, 0.1) is 5.41 Å². The van der Waals surface area contributed by atoms with E-state index in [0.717, 1.165) is 4.90 Å². The molecule has 138 valence electrons. The number of thioether (sulfide) groups is 1. The summed E-state index contributed by atoms with van der Waals surface area (Å²) >= 11 is 1.46. The van der Waals surface area contributed by atoms with Gasteiger partial charge in [0.1, 0.15) is 0 Å². The van der Waals surface area contributed by atoms with Crippen LogP contribution in [0.3, 0.4) is 0 Å². The number of ether oxygens (including phenoxy) is 1. The van der Waals surface area contributed by atoms with Crippen molar-refractivity contribution in [1.29, 1.82) is 0 Å². The van der Waals surface area contributed by atoms with E-state index in [1.807, 2.05) is 12.1 Å². The fraction of sp³-hybridized carbons (Fsp3) is 0.579. The Bertz CT molecular complexity index is 601. The average Bonchev–Trinajstić information content (AvgIpc) is 2.58. The number of carboxylic acids is 1. The summed E-state index contributed by atoms with van der Waals surface area (Å²) in [6, 6.07) is 8.22. The number of carbonyl (C=O) groups excluding carboxylic acids is 1. The van der Waals surface area contributed by atoms with Crippen LogP contribution in [0.5, 0.6) is 0 Å². The summed E-state index contributed by atoms with van der Waals surface area (Å²) in [7, 11) is 0. The van der Waals surface area contributed by atoms with Gasteiger partial charge in [-0.1, -0.05) is 32.9 Å². The lowest BCUT2D eigenvalue weighted by Crippen LogP contribution is -2.46. The summed E-state index contributed by atoms with van der Waals surface area (Å²) < 4.78 is 5.24. The van der Waals surface area contributed by atoms with Crippen LogP contribution in [0.15, 0.2) is 29.2 Å². The second-order valence-corrected chi connectivity index (χ2v) is 8.59. The molecule has 0 aliphatic carbocycles. The van der Waals surface area contributed by atoms with Crippen LogP contribution < -0.4 is 5.32 Å². The fourth-order valence-electron chi connectivity index (χ4n) is 2.75. The molecule has 1 saturated heterocycles. The van der Waals surface area contributed by atoms with E-state index < -0.39 is 11.4 Å². The van der Waals surface area contributed by atoms with Crippen LogP contribution in [0.25, 0.3) is 0 Å². The van der Waals surface area contributed by atoms with E-state index in [1.165, 1.54) is 17.3 Å². The number of carboxylic acid groups (broad SMARTS) is 1. The first-order valence-electron chi connectivity index (χ1n) is 8.54. The van der Waals surface area contributed by atoms with E-state index in [-0.39, 0.29) is 23.6 Å². The van der Waals surface area contributed by atoms with Gasteiger partial charge in [-0.05, 0) is 36.0 Å². The predicted molar refractivity (Wildman–Crippen MR) is 99.0 cm³/mol. The Labute approximate surface area is 153 Å². The smallest absolute Gasteiger partial charge is 0.311 e. The second kappa shape index (κ2) is 8.23. The highest BCUT2D eigenvalue weighted by atomic mass is 32.2. The molecule has 0 unspecified atom stereocenters. The minimum Gasteiger partial charge on any atom is -0.481 e. The lowest BCUT2D eigenvalue weighted by molar-refractivity contribution is -0.154. The molecule has 0 saturated carbocycles. The Morgan fingerprint density at radius 2 is 1.80 bits per heavy atom. The van der Waals surface area contributed by atoms with Gasteiger partial charge in [-0.2, -0.15) is 0 Å². The molecule has 1 aromatic carbocycles. The first kappa shape index (κ1) is 19.8. The Morgan fingerprint density at radius 1 is 1.20 bits per heavy atom. The van der Waals surface area contributed by atoms with Gasteiger partial charge in [-0.25, -0.2) is 0 Å². The summed E-state index contributed by atoms with van der Waals surface area (Å²) in [4.78, 5) is 24.7. The van der Waals surface area contributed by atoms with Crippen molar-refractivity contribution in [3.8, 4) is 0 Å². The van der Waals surface area contributed by atoms with Crippen molar-refractivity contribution in [2.24, 2.45) is 5.41 Å². The zero-order valence-corrected chi connectivity index (χ0v) is 15.9. The van der Waals surface area contributed by atoms with Crippen molar-refractivity contribution >= 4 is 23.6 Å². The average molecular weight is 365 g/mol. The number of benzene rings is 1. The number of hydrogen-bond acceptors (Lipinski definition) is 4. The van der Waals surface area contributed by atoms with E-state index in [4.69, 9.17) is 4.74 Å². The number of hydrogen-bond donors (Lipinski definition) is 2. The molecule has 0 aromatic heterocycles. The third-order valence-corrected chi connectivity index (χ3v) is 5.63. The minimum atomic E-state index is -0.896. The lowest BCUT2D eigenvalue weighted by Gasteiger charge is -2.33. The van der Waals surface area contributed by atoms with Crippen LogP contribution >= 0.6 is 11.8 Å². The predicted octanol–water partition coefficient (Wildman–Crippen LogP) is 3.07. The van der Waals surface area contributed by atoms with E-state index in [0.29, 0.717) is 26.1 Å². The fourth-order valence-corrected chi connectivity index (χ4v) is 3.48. The molecule has 1 amide bonds. The Morgan fingerprint density at radius 3 is 2.32 bits per heavy atom. The maximum atomic E-state index is 12.1. The first-order chi connectivity index (χ1) is 11.7. The maximum absolute atomic E-state index is 12.1. The van der Waals surface area contributed by atoms with Gasteiger partial charge in [0.15, 0.2) is 0 Å². The standard InChI is InChI=1S/C19H27NO4S/c1-18(2,3)14-4-6-15(7-5-14)25-12-16(21)20-13-19(17(22)23)8-10-24-11-9-19/h4-7H,8-13H2,1-3H3,(H,20,21)(H,22,23). The number of aliphatic carboxylic acids is 1. The Balaban J connectivity index is 1.83. The topological polar surface area (TPSA) is 75.6 Å². The maximum Gasteiger partial charge on any atom is 0.311 e. The highest BCUT2D eigenvalue weighted by Crippen LogP contribution is 2.30. The van der Waals surface area contributed by atoms with Gasteiger partial charge in [0, 0.05) is 24.7 Å². The van der Waals surface area contributed by atoms with Crippen molar-refractivity contribution in [1.82, 2.24) is 5.32 Å². The molecule has 2 N–H and O–H groups in total. The molecule has 0 spiro atoms. The van der Waals surface area contributed by atoms with Gasteiger partial charge < -0.3 is 15.2 Å². The first-order valence-corrected chi connectivity index (χ1v) is 9.53. The molecule has 0 bridgehead atoms. The minimum absolute atomic E-state index is 0.107. The molecule has 0 radical (unpaired) electrons. The van der Waals surface area contributed by atoms with Gasteiger partial charge >= 0.3 is 5.97 Å². The lowest BCUT2D eigenvalue weighted by atomic mass is 9.80. The number of nitrogens with one attached hydrogen (secondary N) is 1. The molecule has 1 heterocycles. The number of rotatable bonds is 6. The third kappa shape index (κ3) is 5.47. The third-order valence-electron chi connectivity index (χ3n) is 4.62. The summed E-state index contributed by atoms with van der Waals surface area (Å²) in [6.45, 7) is 7.51. The summed E-state index contributed by atoms with van der Waals surface area (Å²) in [5, 5.41) is 12.3. The Kier molecular flexibility index (Phi) is 6.52. The summed E-state index contributed by atoms with van der Waals surface area (Å²) in [5.74, 6) is -0.723. The molecule has 5 nitrogen and oxygen atoms in total. The molecule has 1 aliphatic heterocycles. The summed E-state index contributed by atoms with van der Waals surface area (Å²) in [6.07, 6.45) is 0.869. The van der Waals surface area contributed by atoms with Crippen molar-refractivity contribution in [3.63, 3.8) is 0 Å². The van der Waals surface area contributed by atoms with Crippen molar-refractivity contribution in [2.45, 2.75) is 43.9 Å². The highest BCUT2D eigenvalue weighted by molar-refractivity contribution is 8.00. The molecule has 2 rings (SSSR count). The molecule has 1 aromatic rings. The Hall–Kier alpha value is -1.53. The number of amides is 1. The zero-order valence-electron chi connectivity index (χ0n) is 15.1. The molecule has 25 heavy (non-hydrogen) atoms. The number of carbonyl (C=O) groups is 2. The monoisotopic (exact) mass is 365 g/mol. The van der Waals surface area contributed by atoms with Crippen molar-refractivity contribution in [3.05, 3.63) is 29.8 Å². The molecule has 1 fully saturated rings. The van der Waals surface area contributed by atoms with E-state index in [9.17, 15) is 14.7 Å². The van der Waals surface area contributed by atoms with Gasteiger partial charge in [0.25, 0.3) is 0 Å². The van der Waals surface area contributed by atoms with Crippen LogP contribution in [0.2, 0.25) is 0 Å². The quantitative estimate of drug-likeness (QED) is 0.758. The normalized spacial score (nSPS) is 17.1. The van der Waals surface area contributed by atoms with Gasteiger partial charge in [-0.3, -0.25) is 9.59 Å². The molecular formula is C19H27NO4S. The molecular weight excluding hydrogens is 338 g/mol. The largest absolute Gasteiger partial charge is 0.481 e. The van der Waals surface area contributed by atoms with Crippen molar-refractivity contribution in [2.75, 3.05) is 25.5 Å². The highest BCUT2D eigenvalue weighted by Gasteiger charge is 2.40. The molecule has 6 heteroatoms. The SMILES string of the molecule is CC(C)(C)c1ccc(SCC(=O)NCC2(C(=O)O)CCOCC2)cc1. The van der Waals surface area contributed by atoms with Crippen LogP contribution in [-0.4, -0.2) is 42.5 Å². The van der Waals surface area contributed by atoms with Crippen LogP contribution in [0.1, 0.15) is 39.2 Å². The van der Waals surface area contributed by atoms with Gasteiger partial charge in [-0.15, -0.1) is 11.8 Å². The van der Waals surface area contributed by atoms with E-state index >= 15 is 0 Å².